The van der Waals surface area contributed by atoms with E-state index < -0.39 is 17.4 Å². The van der Waals surface area contributed by atoms with Crippen molar-refractivity contribution in [2.45, 2.75) is 25.8 Å². The molecule has 8 heteroatoms. The van der Waals surface area contributed by atoms with Crippen LogP contribution in [-0.4, -0.2) is 26.8 Å². The Morgan fingerprint density at radius 2 is 2.11 bits per heavy atom. The van der Waals surface area contributed by atoms with Crippen molar-refractivity contribution in [2.75, 3.05) is 5.75 Å². The molecule has 140 valence electrons. The van der Waals surface area contributed by atoms with Gasteiger partial charge in [-0.2, -0.15) is 0 Å². The molecule has 1 N–H and O–H groups in total. The summed E-state index contributed by atoms with van der Waals surface area (Å²) in [6.07, 6.45) is 4.46. The number of aliphatic imine (C=N–C) groups is 1. The van der Waals surface area contributed by atoms with Gasteiger partial charge in [0, 0.05) is 30.6 Å². The summed E-state index contributed by atoms with van der Waals surface area (Å²) in [5.74, 6) is -0.790. The summed E-state index contributed by atoms with van der Waals surface area (Å²) in [5.41, 5.74) is 1.01. The molecular formula is C19H16ClF2N3OS. The Bertz CT molecular complexity index is 1010. The van der Waals surface area contributed by atoms with Gasteiger partial charge in [0.05, 0.1) is 15.5 Å². The van der Waals surface area contributed by atoms with Crippen LogP contribution >= 0.6 is 23.4 Å². The minimum Gasteiger partial charge on any atom is -0.450 e. The third kappa shape index (κ3) is 3.80. The molecule has 0 spiro atoms. The van der Waals surface area contributed by atoms with E-state index in [1.54, 1.807) is 18.0 Å². The average Bonchev–Trinajstić information content (AvgIpc) is 3.00. The van der Waals surface area contributed by atoms with Crippen molar-refractivity contribution in [1.82, 2.24) is 9.97 Å². The SMILES string of the molecule is CC1CCSC(Cc2cc(F)c(Oc3ccnc4[nH]cc(Cl)c34)c(F)c2)=N1. The number of hydrogen-bond donors (Lipinski definition) is 1. The molecule has 0 bridgehead atoms. The highest BCUT2D eigenvalue weighted by atomic mass is 35.5. The number of hydrogen-bond acceptors (Lipinski definition) is 4. The highest BCUT2D eigenvalue weighted by Crippen LogP contribution is 2.36. The van der Waals surface area contributed by atoms with Gasteiger partial charge in [0.15, 0.2) is 17.4 Å². The quantitative estimate of drug-likeness (QED) is 0.598. The third-order valence-electron chi connectivity index (χ3n) is 4.28. The Hall–Kier alpha value is -2.12. The second-order valence-electron chi connectivity index (χ2n) is 6.35. The summed E-state index contributed by atoms with van der Waals surface area (Å²) in [6, 6.07) is 4.35. The summed E-state index contributed by atoms with van der Waals surface area (Å²) in [7, 11) is 0. The van der Waals surface area contributed by atoms with Gasteiger partial charge in [-0.3, -0.25) is 4.99 Å². The van der Waals surface area contributed by atoms with Crippen LogP contribution in [0.15, 0.2) is 35.6 Å². The molecule has 27 heavy (non-hydrogen) atoms. The lowest BCUT2D eigenvalue weighted by Crippen LogP contribution is -2.13. The van der Waals surface area contributed by atoms with Gasteiger partial charge in [0.1, 0.15) is 11.4 Å². The first-order valence-electron chi connectivity index (χ1n) is 8.48. The van der Waals surface area contributed by atoms with Gasteiger partial charge in [-0.1, -0.05) is 11.6 Å². The molecule has 1 aromatic carbocycles. The molecule has 4 rings (SSSR count). The number of halogens is 3. The van der Waals surface area contributed by atoms with Gasteiger partial charge < -0.3 is 9.72 Å². The second kappa shape index (κ2) is 7.48. The molecule has 1 aliphatic heterocycles. The van der Waals surface area contributed by atoms with Crippen LogP contribution in [0.5, 0.6) is 11.5 Å². The molecule has 0 radical (unpaired) electrons. The normalized spacial score (nSPS) is 17.2. The number of nitrogens with zero attached hydrogens (tertiary/aromatic N) is 2. The summed E-state index contributed by atoms with van der Waals surface area (Å²) in [5, 5.41) is 1.74. The highest BCUT2D eigenvalue weighted by molar-refractivity contribution is 8.14. The van der Waals surface area contributed by atoms with Crippen molar-refractivity contribution < 1.29 is 13.5 Å². The predicted molar refractivity (Wildman–Crippen MR) is 105 cm³/mol. The number of fused-ring (bicyclic) bond motifs is 1. The maximum atomic E-state index is 14.6. The molecule has 3 heterocycles. The Balaban J connectivity index is 1.63. The number of aromatic nitrogens is 2. The molecule has 3 aromatic rings. The molecule has 0 amide bonds. The Kier molecular flexibility index (Phi) is 5.06. The van der Waals surface area contributed by atoms with Crippen molar-refractivity contribution in [3.05, 3.63) is 52.8 Å². The zero-order valence-electron chi connectivity index (χ0n) is 14.4. The molecule has 1 unspecified atom stereocenters. The monoisotopic (exact) mass is 407 g/mol. The maximum absolute atomic E-state index is 14.6. The average molecular weight is 408 g/mol. The van der Waals surface area contributed by atoms with Crippen molar-refractivity contribution in [3.8, 4) is 11.5 Å². The second-order valence-corrected chi connectivity index (χ2v) is 7.92. The maximum Gasteiger partial charge on any atom is 0.198 e. The van der Waals surface area contributed by atoms with Crippen LogP contribution in [0.2, 0.25) is 5.02 Å². The number of rotatable bonds is 4. The van der Waals surface area contributed by atoms with E-state index in [0.29, 0.717) is 28.0 Å². The van der Waals surface area contributed by atoms with Gasteiger partial charge in [-0.15, -0.1) is 11.8 Å². The topological polar surface area (TPSA) is 50.3 Å². The molecule has 0 saturated heterocycles. The lowest BCUT2D eigenvalue weighted by molar-refractivity contribution is 0.410. The minimum absolute atomic E-state index is 0.234. The lowest BCUT2D eigenvalue weighted by Gasteiger charge is -2.17. The summed E-state index contributed by atoms with van der Waals surface area (Å²) < 4.78 is 34.7. The number of pyridine rings is 1. The van der Waals surface area contributed by atoms with Crippen LogP contribution in [-0.2, 0) is 6.42 Å². The van der Waals surface area contributed by atoms with E-state index in [4.69, 9.17) is 16.3 Å². The van der Waals surface area contributed by atoms with Crippen LogP contribution in [0.1, 0.15) is 18.9 Å². The van der Waals surface area contributed by atoms with E-state index in [9.17, 15) is 8.78 Å². The summed E-state index contributed by atoms with van der Waals surface area (Å²) in [6.45, 7) is 2.04. The smallest absolute Gasteiger partial charge is 0.198 e. The first-order chi connectivity index (χ1) is 13.0. The Labute approximate surface area is 164 Å². The molecule has 0 aliphatic carbocycles. The van der Waals surface area contributed by atoms with Crippen LogP contribution in [0.25, 0.3) is 11.0 Å². The Morgan fingerprint density at radius 1 is 1.33 bits per heavy atom. The van der Waals surface area contributed by atoms with E-state index in [-0.39, 0.29) is 11.8 Å². The predicted octanol–water partition coefficient (Wildman–Crippen LogP) is 5.75. The van der Waals surface area contributed by atoms with Gasteiger partial charge in [-0.25, -0.2) is 13.8 Å². The van der Waals surface area contributed by atoms with E-state index in [0.717, 1.165) is 17.2 Å². The van der Waals surface area contributed by atoms with E-state index in [2.05, 4.69) is 15.0 Å². The fraction of sp³-hybridized carbons (Fsp3) is 0.263. The molecule has 4 nitrogen and oxygen atoms in total. The van der Waals surface area contributed by atoms with Crippen LogP contribution in [0.3, 0.4) is 0 Å². The third-order valence-corrected chi connectivity index (χ3v) is 5.60. The van der Waals surface area contributed by atoms with Crippen LogP contribution in [0.4, 0.5) is 8.78 Å². The van der Waals surface area contributed by atoms with Gasteiger partial charge in [0.25, 0.3) is 0 Å². The van der Waals surface area contributed by atoms with Crippen LogP contribution < -0.4 is 4.74 Å². The van der Waals surface area contributed by atoms with Crippen molar-refractivity contribution in [2.24, 2.45) is 4.99 Å². The van der Waals surface area contributed by atoms with E-state index >= 15 is 0 Å². The number of nitrogens with one attached hydrogen (secondary N) is 1. The standard InChI is InChI=1S/C19H16ClF2N3OS/c1-10-3-5-27-16(25-10)8-11-6-13(21)18(14(22)7-11)26-15-2-4-23-19-17(15)12(20)9-24-19/h2,4,6-7,9-10H,3,5,8H2,1H3,(H,23,24). The van der Waals surface area contributed by atoms with Gasteiger partial charge in [-0.05, 0) is 37.1 Å². The van der Waals surface area contributed by atoms with Crippen molar-refractivity contribution in [3.63, 3.8) is 0 Å². The van der Waals surface area contributed by atoms with E-state index in [1.165, 1.54) is 24.4 Å². The molecule has 2 aromatic heterocycles. The van der Waals surface area contributed by atoms with Gasteiger partial charge >= 0.3 is 0 Å². The van der Waals surface area contributed by atoms with Crippen molar-refractivity contribution in [1.29, 1.82) is 0 Å². The largest absolute Gasteiger partial charge is 0.450 e. The first kappa shape index (κ1) is 18.3. The van der Waals surface area contributed by atoms with Crippen LogP contribution in [0, 0.1) is 11.6 Å². The summed E-state index contributed by atoms with van der Waals surface area (Å²) >= 11 is 7.75. The Morgan fingerprint density at radius 3 is 2.85 bits per heavy atom. The number of benzene rings is 1. The number of thioether (sulfide) groups is 1. The van der Waals surface area contributed by atoms with Gasteiger partial charge in [0.2, 0.25) is 0 Å². The molecule has 1 aliphatic rings. The number of ether oxygens (including phenoxy) is 1. The minimum atomic E-state index is -0.768. The fourth-order valence-corrected chi connectivity index (χ4v) is 4.42. The first-order valence-corrected chi connectivity index (χ1v) is 9.84. The van der Waals surface area contributed by atoms with Crippen molar-refractivity contribution >= 4 is 39.4 Å². The number of H-pyrrole nitrogens is 1. The summed E-state index contributed by atoms with van der Waals surface area (Å²) in [4.78, 5) is 11.5. The molecule has 0 fully saturated rings. The zero-order valence-corrected chi connectivity index (χ0v) is 16.0. The molecular weight excluding hydrogens is 392 g/mol. The van der Waals surface area contributed by atoms with E-state index in [1.807, 2.05) is 6.92 Å². The fourth-order valence-electron chi connectivity index (χ4n) is 2.96. The molecule has 0 saturated carbocycles. The highest BCUT2D eigenvalue weighted by Gasteiger charge is 2.19. The number of aromatic amines is 1. The lowest BCUT2D eigenvalue weighted by atomic mass is 10.1. The molecule has 1 atom stereocenters. The zero-order chi connectivity index (χ0) is 19.0.